The van der Waals surface area contributed by atoms with Gasteiger partial charge in [-0.15, -0.1) is 0 Å². The summed E-state index contributed by atoms with van der Waals surface area (Å²) in [4.78, 5) is 16.0. The molecule has 124 valence electrons. The van der Waals surface area contributed by atoms with E-state index < -0.39 is 12.5 Å². The van der Waals surface area contributed by atoms with Gasteiger partial charge in [0.1, 0.15) is 11.3 Å². The molecule has 0 bridgehead atoms. The van der Waals surface area contributed by atoms with Crippen LogP contribution in [0.4, 0.5) is 5.69 Å². The number of aromatic nitrogens is 2. The Kier molecular flexibility index (Phi) is 3.40. The highest BCUT2D eigenvalue weighted by Gasteiger charge is 2.14. The summed E-state index contributed by atoms with van der Waals surface area (Å²) in [5.74, 6) is -0.348. The van der Waals surface area contributed by atoms with Gasteiger partial charge in [-0.3, -0.25) is 0 Å². The number of benzene rings is 2. The highest BCUT2D eigenvalue weighted by atomic mass is 16.4. The minimum Gasteiger partial charge on any atom is -0.478 e. The minimum atomic E-state index is -1.88. The Bertz CT molecular complexity index is 1010. The number of carboxylic acid groups (broad SMARTS) is 1. The second-order valence-electron chi connectivity index (χ2n) is 5.93. The fraction of sp³-hybridized carbons (Fsp3) is 0.263. The zero-order valence-electron chi connectivity index (χ0n) is 16.1. The largest absolute Gasteiger partial charge is 0.478 e. The van der Waals surface area contributed by atoms with Crippen molar-refractivity contribution in [3.8, 4) is 0 Å². The van der Waals surface area contributed by atoms with Crippen molar-refractivity contribution in [2.75, 3.05) is 5.32 Å². The number of imidazole rings is 1. The molecule has 2 N–H and O–H groups in total. The van der Waals surface area contributed by atoms with Crippen LogP contribution in [-0.4, -0.2) is 20.6 Å². The lowest BCUT2D eigenvalue weighted by Crippen LogP contribution is -2.06. The van der Waals surface area contributed by atoms with Gasteiger partial charge in [0, 0.05) is 13.5 Å². The lowest BCUT2D eigenvalue weighted by atomic mass is 10.0. The third kappa shape index (κ3) is 2.73. The first kappa shape index (κ1) is 13.6. The van der Waals surface area contributed by atoms with Crippen LogP contribution >= 0.6 is 0 Å². The Labute approximate surface area is 143 Å². The Morgan fingerprint density at radius 2 is 1.96 bits per heavy atom. The van der Waals surface area contributed by atoms with E-state index in [0.717, 1.165) is 17.0 Å². The second kappa shape index (κ2) is 6.00. The number of hydrogen-bond acceptors (Lipinski definition) is 3. The fourth-order valence-corrected chi connectivity index (χ4v) is 2.76. The molecule has 0 spiro atoms. The molecule has 1 aromatic heterocycles. The normalized spacial score (nSPS) is 12.8. The number of hydrogen-bond donors (Lipinski definition) is 2. The van der Waals surface area contributed by atoms with Gasteiger partial charge in [-0.05, 0) is 49.6 Å². The van der Waals surface area contributed by atoms with Crippen molar-refractivity contribution in [3.05, 3.63) is 58.4 Å². The maximum absolute atomic E-state index is 11.5. The molecule has 0 fully saturated rings. The van der Waals surface area contributed by atoms with Gasteiger partial charge in [0.25, 0.3) is 0 Å². The molecule has 5 nitrogen and oxygen atoms in total. The molecule has 24 heavy (non-hydrogen) atoms. The molecule has 0 aliphatic carbocycles. The van der Waals surface area contributed by atoms with Crippen LogP contribution < -0.4 is 5.32 Å². The molecule has 5 heteroatoms. The number of nitrogens with zero attached hydrogens (tertiary/aromatic N) is 2. The van der Waals surface area contributed by atoms with Crippen LogP contribution in [0.2, 0.25) is 0 Å². The molecule has 0 aliphatic heterocycles. The van der Waals surface area contributed by atoms with Crippen LogP contribution in [0.15, 0.2) is 30.3 Å². The number of carbonyl (C=O) groups is 1. The Hall–Kier alpha value is -2.82. The number of aromatic carboxylic acids is 1. The lowest BCUT2D eigenvalue weighted by molar-refractivity contribution is 0.0697. The zero-order chi connectivity index (χ0) is 19.2. The summed E-state index contributed by atoms with van der Waals surface area (Å²) in [5, 5.41) is 12.3. The number of carboxylic acids is 1. The van der Waals surface area contributed by atoms with E-state index in [4.69, 9.17) is 2.74 Å². The van der Waals surface area contributed by atoms with Gasteiger partial charge in [-0.25, -0.2) is 9.78 Å². The van der Waals surface area contributed by atoms with Gasteiger partial charge in [-0.2, -0.15) is 0 Å². The first-order valence-corrected chi connectivity index (χ1v) is 7.67. The second-order valence-corrected chi connectivity index (χ2v) is 5.93. The minimum absolute atomic E-state index is 0.0836. The summed E-state index contributed by atoms with van der Waals surface area (Å²) < 4.78 is 18.9. The standard InChI is InChI=1S/C19H21N3O2/c1-11-6-5-7-12(2)15(11)10-20-16-8-14(19(23)24)9-17-18(16)21-13(3)22(17)4/h5-9,20H,10H2,1-4H3,(H,23,24)/i10D2. The van der Waals surface area contributed by atoms with Crippen LogP contribution in [0.5, 0.6) is 0 Å². The van der Waals surface area contributed by atoms with Crippen molar-refractivity contribution in [1.29, 1.82) is 0 Å². The predicted molar refractivity (Wildman–Crippen MR) is 95.7 cm³/mol. The lowest BCUT2D eigenvalue weighted by Gasteiger charge is -2.13. The number of fused-ring (bicyclic) bond motifs is 1. The molecule has 3 rings (SSSR count). The van der Waals surface area contributed by atoms with Gasteiger partial charge in [0.05, 0.1) is 19.5 Å². The molecule has 0 amide bonds. The van der Waals surface area contributed by atoms with Crippen molar-refractivity contribution in [1.82, 2.24) is 9.55 Å². The van der Waals surface area contributed by atoms with Crippen molar-refractivity contribution in [3.63, 3.8) is 0 Å². The Morgan fingerprint density at radius 1 is 1.29 bits per heavy atom. The number of anilines is 1. The molecule has 0 saturated heterocycles. The summed E-state index contributed by atoms with van der Waals surface area (Å²) >= 11 is 0. The number of aryl methyl sites for hydroxylation is 4. The SMILES string of the molecule is [2H]C([2H])(Nc1cc(C(=O)O)cc2c1nc(C)n2C)c1c(C)cccc1C. The van der Waals surface area contributed by atoms with Gasteiger partial charge in [0.2, 0.25) is 0 Å². The number of rotatable bonds is 4. The van der Waals surface area contributed by atoms with E-state index in [1.54, 1.807) is 17.7 Å². The zero-order valence-corrected chi connectivity index (χ0v) is 14.1. The predicted octanol–water partition coefficient (Wildman–Crippen LogP) is 3.81. The maximum atomic E-state index is 11.5. The van der Waals surface area contributed by atoms with Crippen LogP contribution in [0.1, 0.15) is 35.6 Å². The maximum Gasteiger partial charge on any atom is 0.335 e. The summed E-state index contributed by atoms with van der Waals surface area (Å²) in [6.07, 6.45) is 0. The topological polar surface area (TPSA) is 67.2 Å². The van der Waals surface area contributed by atoms with E-state index in [-0.39, 0.29) is 5.56 Å². The van der Waals surface area contributed by atoms with E-state index in [0.29, 0.717) is 22.3 Å². The first-order valence-electron chi connectivity index (χ1n) is 8.67. The van der Waals surface area contributed by atoms with Gasteiger partial charge < -0.3 is 15.0 Å². The van der Waals surface area contributed by atoms with Crippen LogP contribution in [0, 0.1) is 20.8 Å². The van der Waals surface area contributed by atoms with E-state index in [1.165, 1.54) is 6.07 Å². The number of nitrogens with one attached hydrogen (secondary N) is 1. The quantitative estimate of drug-likeness (QED) is 0.765. The van der Waals surface area contributed by atoms with Crippen molar-refractivity contribution in [2.24, 2.45) is 7.05 Å². The van der Waals surface area contributed by atoms with E-state index in [2.05, 4.69) is 10.3 Å². The highest BCUT2D eigenvalue weighted by molar-refractivity contribution is 5.98. The molecule has 0 atom stereocenters. The van der Waals surface area contributed by atoms with Crippen LogP contribution in [-0.2, 0) is 13.5 Å². The van der Waals surface area contributed by atoms with E-state index >= 15 is 0 Å². The molecular weight excluding hydrogens is 302 g/mol. The highest BCUT2D eigenvalue weighted by Crippen LogP contribution is 2.27. The summed E-state index contributed by atoms with van der Waals surface area (Å²) in [6, 6.07) is 8.58. The average Bonchev–Trinajstić information content (AvgIpc) is 2.82. The van der Waals surface area contributed by atoms with Gasteiger partial charge in [0.15, 0.2) is 0 Å². The van der Waals surface area contributed by atoms with Gasteiger partial charge in [-0.1, -0.05) is 18.2 Å². The average molecular weight is 325 g/mol. The third-order valence-electron chi connectivity index (χ3n) is 4.26. The molecule has 3 aromatic rings. The first-order chi connectivity index (χ1) is 12.1. The van der Waals surface area contributed by atoms with Crippen molar-refractivity contribution >= 4 is 22.7 Å². The summed E-state index contributed by atoms with van der Waals surface area (Å²) in [6.45, 7) is 3.65. The molecule has 0 radical (unpaired) electrons. The fourth-order valence-electron chi connectivity index (χ4n) is 2.76. The summed E-state index contributed by atoms with van der Waals surface area (Å²) in [7, 11) is 1.81. The van der Waals surface area contributed by atoms with E-state index in [1.807, 2.05) is 39.0 Å². The van der Waals surface area contributed by atoms with Crippen LogP contribution in [0.3, 0.4) is 0 Å². The Balaban J connectivity index is 2.19. The molecule has 0 aliphatic rings. The molecule has 2 aromatic carbocycles. The molecule has 0 unspecified atom stereocenters. The van der Waals surface area contributed by atoms with Gasteiger partial charge >= 0.3 is 5.97 Å². The van der Waals surface area contributed by atoms with E-state index in [9.17, 15) is 9.90 Å². The third-order valence-corrected chi connectivity index (χ3v) is 4.26. The van der Waals surface area contributed by atoms with Crippen LogP contribution in [0.25, 0.3) is 11.0 Å². The smallest absolute Gasteiger partial charge is 0.335 e. The summed E-state index contributed by atoms with van der Waals surface area (Å²) in [5.41, 5.74) is 3.82. The molecule has 1 heterocycles. The van der Waals surface area contributed by atoms with Crippen molar-refractivity contribution < 1.29 is 12.6 Å². The Morgan fingerprint density at radius 3 is 2.58 bits per heavy atom. The monoisotopic (exact) mass is 325 g/mol. The van der Waals surface area contributed by atoms with Crippen molar-refractivity contribution in [2.45, 2.75) is 27.3 Å². The molecular formula is C19H21N3O2. The molecule has 0 saturated carbocycles.